The van der Waals surface area contributed by atoms with Gasteiger partial charge in [0, 0.05) is 29.6 Å². The van der Waals surface area contributed by atoms with E-state index in [1.54, 1.807) is 0 Å². The molecule has 1 aromatic rings. The number of fused-ring (bicyclic) bond motifs is 3. The summed E-state index contributed by atoms with van der Waals surface area (Å²) in [6.07, 6.45) is 5.91. The van der Waals surface area contributed by atoms with E-state index in [0.717, 1.165) is 48.1 Å². The van der Waals surface area contributed by atoms with Crippen molar-refractivity contribution in [2.24, 2.45) is 15.4 Å². The molecule has 1 fully saturated rings. The Balaban J connectivity index is 1.85. The van der Waals surface area contributed by atoms with Crippen molar-refractivity contribution in [2.45, 2.75) is 50.8 Å². The van der Waals surface area contributed by atoms with Crippen molar-refractivity contribution in [3.63, 3.8) is 0 Å². The molecule has 0 aromatic heterocycles. The molecule has 0 bridgehead atoms. The molecule has 1 aromatic carbocycles. The van der Waals surface area contributed by atoms with E-state index in [0.29, 0.717) is 6.10 Å². The van der Waals surface area contributed by atoms with E-state index in [-0.39, 0.29) is 11.1 Å². The molecule has 24 heavy (non-hydrogen) atoms. The standard InChI is InChI=1S/C19H24BrN3O/c1-12-17(21-2)23-19(22-12)16-10-14(20)5-4-13(16)11-18(19)8-6-15(24-3)7-9-18/h4-5,10,15H,6-9,11H2,1-3H3,(H,21,23)/t15?,18?,19-/m0/s1. The first kappa shape index (κ1) is 16.3. The average molecular weight is 390 g/mol. The number of hydrogen-bond donors (Lipinski definition) is 1. The van der Waals surface area contributed by atoms with Gasteiger partial charge in [0.05, 0.1) is 11.8 Å². The number of nitrogens with zero attached hydrogens (tertiary/aromatic N) is 2. The van der Waals surface area contributed by atoms with E-state index in [4.69, 9.17) is 9.73 Å². The molecular formula is C19H24BrN3O. The van der Waals surface area contributed by atoms with Gasteiger partial charge in [-0.1, -0.05) is 22.0 Å². The third-order valence-electron chi connectivity index (χ3n) is 6.18. The zero-order valence-electron chi connectivity index (χ0n) is 14.5. The fourth-order valence-corrected chi connectivity index (χ4v) is 5.29. The summed E-state index contributed by atoms with van der Waals surface area (Å²) in [7, 11) is 3.67. The Bertz CT molecular complexity index is 734. The summed E-state index contributed by atoms with van der Waals surface area (Å²) in [6.45, 7) is 2.06. The first-order valence-electron chi connectivity index (χ1n) is 8.67. The zero-order chi connectivity index (χ0) is 16.9. The molecule has 1 atom stereocenters. The van der Waals surface area contributed by atoms with Gasteiger partial charge in [0.1, 0.15) is 5.84 Å². The van der Waals surface area contributed by atoms with Crippen molar-refractivity contribution >= 4 is 27.5 Å². The molecule has 2 aliphatic carbocycles. The molecule has 1 saturated carbocycles. The summed E-state index contributed by atoms with van der Waals surface area (Å²) >= 11 is 3.65. The lowest BCUT2D eigenvalue weighted by Gasteiger charge is -2.46. The number of halogens is 1. The predicted molar refractivity (Wildman–Crippen MR) is 101 cm³/mol. The Morgan fingerprint density at radius 3 is 2.71 bits per heavy atom. The van der Waals surface area contributed by atoms with Crippen LogP contribution < -0.4 is 5.32 Å². The molecule has 0 radical (unpaired) electrons. The third-order valence-corrected chi connectivity index (χ3v) is 6.68. The number of aliphatic imine (C=N–C) groups is 2. The number of methoxy groups -OCH3 is 1. The van der Waals surface area contributed by atoms with Gasteiger partial charge < -0.3 is 10.1 Å². The van der Waals surface area contributed by atoms with Crippen molar-refractivity contribution in [3.8, 4) is 0 Å². The Kier molecular flexibility index (Phi) is 3.84. The van der Waals surface area contributed by atoms with Crippen LogP contribution in [0.15, 0.2) is 32.7 Å². The highest BCUT2D eigenvalue weighted by molar-refractivity contribution is 9.10. The molecule has 4 rings (SSSR count). The van der Waals surface area contributed by atoms with Gasteiger partial charge in [-0.25, -0.2) is 0 Å². The summed E-state index contributed by atoms with van der Waals surface area (Å²) in [5.74, 6) is 0.927. The molecule has 1 aliphatic heterocycles. The largest absolute Gasteiger partial charge is 0.381 e. The monoisotopic (exact) mass is 389 g/mol. The van der Waals surface area contributed by atoms with E-state index in [1.807, 2.05) is 14.2 Å². The Morgan fingerprint density at radius 2 is 2.08 bits per heavy atom. The van der Waals surface area contributed by atoms with E-state index in [9.17, 15) is 0 Å². The molecule has 5 heteroatoms. The fraction of sp³-hybridized carbons (Fsp3) is 0.579. The second kappa shape index (κ2) is 5.67. The maximum absolute atomic E-state index is 5.62. The van der Waals surface area contributed by atoms with Gasteiger partial charge in [0.15, 0.2) is 5.66 Å². The molecular weight excluding hydrogens is 366 g/mol. The highest BCUT2D eigenvalue weighted by Crippen LogP contribution is 2.59. The highest BCUT2D eigenvalue weighted by Gasteiger charge is 2.61. The minimum atomic E-state index is -0.371. The summed E-state index contributed by atoms with van der Waals surface area (Å²) in [5.41, 5.74) is 3.47. The second-order valence-corrected chi connectivity index (χ2v) is 8.21. The van der Waals surface area contributed by atoms with Crippen LogP contribution in [0, 0.1) is 5.41 Å². The lowest BCUT2D eigenvalue weighted by Crippen LogP contribution is -2.53. The maximum Gasteiger partial charge on any atom is 0.163 e. The SMILES string of the molecule is CN=C1N[C@@]2(N=C1C)c1cc(Br)ccc1CC21CCC(OC)CC1. The molecule has 1 N–H and O–H groups in total. The van der Waals surface area contributed by atoms with Gasteiger partial charge in [-0.15, -0.1) is 0 Å². The van der Waals surface area contributed by atoms with Crippen molar-refractivity contribution < 1.29 is 4.74 Å². The quantitative estimate of drug-likeness (QED) is 0.793. The normalized spacial score (nSPS) is 36.2. The molecule has 3 aliphatic rings. The Morgan fingerprint density at radius 1 is 1.33 bits per heavy atom. The number of ether oxygens (including phenoxy) is 1. The van der Waals surface area contributed by atoms with Crippen LogP contribution in [0.3, 0.4) is 0 Å². The van der Waals surface area contributed by atoms with Crippen molar-refractivity contribution in [3.05, 3.63) is 33.8 Å². The zero-order valence-corrected chi connectivity index (χ0v) is 16.1. The van der Waals surface area contributed by atoms with E-state index < -0.39 is 0 Å². The summed E-state index contributed by atoms with van der Waals surface area (Å²) in [4.78, 5) is 9.63. The van der Waals surface area contributed by atoms with Crippen LogP contribution in [0.5, 0.6) is 0 Å². The number of benzene rings is 1. The number of amidine groups is 1. The van der Waals surface area contributed by atoms with Crippen LogP contribution in [0.4, 0.5) is 0 Å². The molecule has 4 nitrogen and oxygen atoms in total. The van der Waals surface area contributed by atoms with Gasteiger partial charge in [0.2, 0.25) is 0 Å². The predicted octanol–water partition coefficient (Wildman–Crippen LogP) is 3.83. The van der Waals surface area contributed by atoms with Gasteiger partial charge in [-0.3, -0.25) is 9.98 Å². The molecule has 128 valence electrons. The number of hydrogen-bond acceptors (Lipinski definition) is 3. The molecule has 1 heterocycles. The summed E-state index contributed by atoms with van der Waals surface area (Å²) in [6, 6.07) is 6.65. The minimum Gasteiger partial charge on any atom is -0.381 e. The lowest BCUT2D eigenvalue weighted by atomic mass is 9.65. The Hall–Kier alpha value is -1.20. The van der Waals surface area contributed by atoms with Gasteiger partial charge in [-0.2, -0.15) is 0 Å². The number of rotatable bonds is 1. The molecule has 0 amide bonds. The van der Waals surface area contributed by atoms with Gasteiger partial charge in [-0.05, 0) is 56.7 Å². The van der Waals surface area contributed by atoms with Crippen LogP contribution in [0.25, 0.3) is 0 Å². The van der Waals surface area contributed by atoms with Crippen LogP contribution in [0.2, 0.25) is 0 Å². The van der Waals surface area contributed by atoms with Crippen molar-refractivity contribution in [2.75, 3.05) is 14.2 Å². The van der Waals surface area contributed by atoms with Crippen molar-refractivity contribution in [1.29, 1.82) is 0 Å². The molecule has 0 saturated heterocycles. The fourth-order valence-electron chi connectivity index (χ4n) is 4.93. The van der Waals surface area contributed by atoms with E-state index in [1.165, 1.54) is 11.1 Å². The first-order chi connectivity index (χ1) is 11.5. The van der Waals surface area contributed by atoms with Crippen LogP contribution in [-0.4, -0.2) is 31.8 Å². The first-order valence-corrected chi connectivity index (χ1v) is 9.46. The van der Waals surface area contributed by atoms with E-state index >= 15 is 0 Å². The maximum atomic E-state index is 5.62. The summed E-state index contributed by atoms with van der Waals surface area (Å²) < 4.78 is 6.73. The third kappa shape index (κ3) is 2.14. The minimum absolute atomic E-state index is 0.110. The van der Waals surface area contributed by atoms with Crippen LogP contribution in [-0.2, 0) is 16.8 Å². The number of nitrogens with one attached hydrogen (secondary N) is 1. The van der Waals surface area contributed by atoms with Gasteiger partial charge >= 0.3 is 0 Å². The van der Waals surface area contributed by atoms with Gasteiger partial charge in [0.25, 0.3) is 0 Å². The van der Waals surface area contributed by atoms with Crippen LogP contribution >= 0.6 is 15.9 Å². The van der Waals surface area contributed by atoms with Crippen LogP contribution in [0.1, 0.15) is 43.7 Å². The molecule has 0 unspecified atom stereocenters. The molecule has 2 spiro atoms. The van der Waals surface area contributed by atoms with Crippen molar-refractivity contribution in [1.82, 2.24) is 5.32 Å². The average Bonchev–Trinajstić information content (AvgIpc) is 3.06. The highest BCUT2D eigenvalue weighted by atomic mass is 79.9. The van der Waals surface area contributed by atoms with E-state index in [2.05, 4.69) is 51.4 Å². The second-order valence-electron chi connectivity index (χ2n) is 7.30. The lowest BCUT2D eigenvalue weighted by molar-refractivity contribution is -0.00627. The topological polar surface area (TPSA) is 46.0 Å². The summed E-state index contributed by atoms with van der Waals surface area (Å²) in [5, 5.41) is 3.73. The Labute approximate surface area is 151 Å². The smallest absolute Gasteiger partial charge is 0.163 e.